The van der Waals surface area contributed by atoms with Gasteiger partial charge < -0.3 is 0 Å². The highest BCUT2D eigenvalue weighted by Gasteiger charge is 2.20. The number of aromatic nitrogens is 2. The molecule has 0 aliphatic carbocycles. The first-order valence-electron chi connectivity index (χ1n) is 8.76. The number of nitrogens with zero attached hydrogens (tertiary/aromatic N) is 2. The summed E-state index contributed by atoms with van der Waals surface area (Å²) in [5.41, 5.74) is 5.91. The molecule has 0 fully saturated rings. The highest BCUT2D eigenvalue weighted by Crippen LogP contribution is 2.34. The summed E-state index contributed by atoms with van der Waals surface area (Å²) in [5.74, 6) is 0. The van der Waals surface area contributed by atoms with Crippen molar-refractivity contribution in [3.05, 3.63) is 72.3 Å². The second-order valence-corrected chi connectivity index (χ2v) is 7.79. The maximum atomic E-state index is 5.03. The zero-order valence-corrected chi connectivity index (χ0v) is 14.7. The van der Waals surface area contributed by atoms with Gasteiger partial charge >= 0.3 is 0 Å². The molecule has 0 atom stereocenters. The number of para-hydroxylation sites is 1. The van der Waals surface area contributed by atoms with E-state index in [2.05, 4.69) is 91.9 Å². The molecule has 2 aromatic heterocycles. The molecule has 0 saturated carbocycles. The summed E-state index contributed by atoms with van der Waals surface area (Å²) < 4.78 is 2.30. The Morgan fingerprint density at radius 1 is 0.760 bits per heavy atom. The van der Waals surface area contributed by atoms with Crippen molar-refractivity contribution >= 4 is 38.4 Å². The molecule has 0 amide bonds. The Hall–Kier alpha value is -2.87. The summed E-state index contributed by atoms with van der Waals surface area (Å²) in [6.07, 6.45) is 0. The van der Waals surface area contributed by atoms with Gasteiger partial charge in [0.25, 0.3) is 0 Å². The van der Waals surface area contributed by atoms with Crippen molar-refractivity contribution in [1.29, 1.82) is 0 Å². The summed E-state index contributed by atoms with van der Waals surface area (Å²) in [7, 11) is 0. The minimum Gasteiger partial charge on any atom is -0.292 e. The molecule has 5 rings (SSSR count). The van der Waals surface area contributed by atoms with Crippen molar-refractivity contribution in [1.82, 2.24) is 9.38 Å². The van der Waals surface area contributed by atoms with Gasteiger partial charge in [0.2, 0.25) is 0 Å². The van der Waals surface area contributed by atoms with Gasteiger partial charge in [-0.1, -0.05) is 69.3 Å². The minimum atomic E-state index is 0.0710. The molecule has 0 radical (unpaired) electrons. The van der Waals surface area contributed by atoms with E-state index in [0.29, 0.717) is 0 Å². The van der Waals surface area contributed by atoms with E-state index in [-0.39, 0.29) is 5.41 Å². The van der Waals surface area contributed by atoms with Crippen LogP contribution < -0.4 is 0 Å². The van der Waals surface area contributed by atoms with Crippen LogP contribution in [-0.4, -0.2) is 9.38 Å². The van der Waals surface area contributed by atoms with Crippen LogP contribution in [0.2, 0.25) is 0 Å². The second kappa shape index (κ2) is 4.82. The highest BCUT2D eigenvalue weighted by atomic mass is 15.0. The van der Waals surface area contributed by atoms with Gasteiger partial charge in [-0.3, -0.25) is 4.40 Å². The lowest BCUT2D eigenvalue weighted by molar-refractivity contribution is 0.596. The predicted octanol–water partition coefficient (Wildman–Crippen LogP) is 6.09. The van der Waals surface area contributed by atoms with Crippen molar-refractivity contribution in [3.8, 4) is 0 Å². The van der Waals surface area contributed by atoms with Crippen molar-refractivity contribution < 1.29 is 0 Å². The third kappa shape index (κ3) is 2.00. The molecule has 2 heterocycles. The van der Waals surface area contributed by atoms with E-state index in [0.717, 1.165) is 11.2 Å². The SMILES string of the molecule is CC(C)(C)c1cc2nc3c4ccccc4ccc3n2c2ccccc12. The van der Waals surface area contributed by atoms with E-state index in [9.17, 15) is 0 Å². The van der Waals surface area contributed by atoms with Crippen molar-refractivity contribution in [2.75, 3.05) is 0 Å². The fourth-order valence-corrected chi connectivity index (χ4v) is 3.90. The summed E-state index contributed by atoms with van der Waals surface area (Å²) in [6, 6.07) is 23.8. The summed E-state index contributed by atoms with van der Waals surface area (Å²) >= 11 is 0. The smallest absolute Gasteiger partial charge is 0.138 e. The Morgan fingerprint density at radius 3 is 2.28 bits per heavy atom. The predicted molar refractivity (Wildman–Crippen MR) is 106 cm³/mol. The molecular formula is C23H20N2. The molecule has 0 bridgehead atoms. The first-order valence-corrected chi connectivity index (χ1v) is 8.76. The Balaban J connectivity index is 2.06. The fourth-order valence-electron chi connectivity index (χ4n) is 3.90. The van der Waals surface area contributed by atoms with E-state index in [1.54, 1.807) is 0 Å². The lowest BCUT2D eigenvalue weighted by Gasteiger charge is -2.22. The Labute approximate surface area is 146 Å². The standard InChI is InChI=1S/C23H20N2/c1-23(2,3)18-14-21-24-22-16-9-5-4-8-15(16)12-13-20(22)25(21)19-11-7-6-10-17(18)19/h4-14H,1-3H3. The minimum absolute atomic E-state index is 0.0710. The van der Waals surface area contributed by atoms with Gasteiger partial charge in [0.1, 0.15) is 5.65 Å². The van der Waals surface area contributed by atoms with Crippen LogP contribution in [0.5, 0.6) is 0 Å². The van der Waals surface area contributed by atoms with Crippen LogP contribution in [0.4, 0.5) is 0 Å². The van der Waals surface area contributed by atoms with Crippen LogP contribution in [0.1, 0.15) is 26.3 Å². The molecule has 2 nitrogen and oxygen atoms in total. The molecule has 25 heavy (non-hydrogen) atoms. The Kier molecular flexibility index (Phi) is 2.79. The van der Waals surface area contributed by atoms with Gasteiger partial charge in [-0.15, -0.1) is 0 Å². The third-order valence-electron chi connectivity index (χ3n) is 5.09. The van der Waals surface area contributed by atoms with Crippen LogP contribution >= 0.6 is 0 Å². The van der Waals surface area contributed by atoms with E-state index in [1.807, 2.05) is 0 Å². The largest absolute Gasteiger partial charge is 0.292 e. The molecule has 2 heteroatoms. The van der Waals surface area contributed by atoms with E-state index < -0.39 is 0 Å². The van der Waals surface area contributed by atoms with Crippen LogP contribution in [0.15, 0.2) is 66.7 Å². The topological polar surface area (TPSA) is 17.3 Å². The summed E-state index contributed by atoms with van der Waals surface area (Å²) in [4.78, 5) is 5.03. The molecule has 0 unspecified atom stereocenters. The monoisotopic (exact) mass is 324 g/mol. The maximum Gasteiger partial charge on any atom is 0.138 e. The van der Waals surface area contributed by atoms with Crippen molar-refractivity contribution in [3.63, 3.8) is 0 Å². The Morgan fingerprint density at radius 2 is 1.48 bits per heavy atom. The van der Waals surface area contributed by atoms with Gasteiger partial charge in [0.15, 0.2) is 0 Å². The summed E-state index contributed by atoms with van der Waals surface area (Å²) in [6.45, 7) is 6.80. The fraction of sp³-hybridized carbons (Fsp3) is 0.174. The number of rotatable bonds is 0. The molecule has 0 N–H and O–H groups in total. The number of fused-ring (bicyclic) bond motifs is 7. The Bertz CT molecular complexity index is 1270. The summed E-state index contributed by atoms with van der Waals surface area (Å²) in [5, 5.41) is 3.75. The number of hydrogen-bond acceptors (Lipinski definition) is 1. The van der Waals surface area contributed by atoms with E-state index in [1.165, 1.54) is 32.8 Å². The van der Waals surface area contributed by atoms with Crippen molar-refractivity contribution in [2.45, 2.75) is 26.2 Å². The second-order valence-electron chi connectivity index (χ2n) is 7.79. The van der Waals surface area contributed by atoms with Gasteiger partial charge in [0, 0.05) is 10.8 Å². The number of benzene rings is 3. The van der Waals surface area contributed by atoms with Gasteiger partial charge in [-0.25, -0.2) is 4.98 Å². The average Bonchev–Trinajstić information content (AvgIpc) is 2.99. The molecule has 0 saturated heterocycles. The molecule has 0 aliphatic heterocycles. The first kappa shape index (κ1) is 14.5. The van der Waals surface area contributed by atoms with Crippen molar-refractivity contribution in [2.24, 2.45) is 0 Å². The van der Waals surface area contributed by atoms with Gasteiger partial charge in [-0.2, -0.15) is 0 Å². The van der Waals surface area contributed by atoms with Crippen LogP contribution in [0.3, 0.4) is 0 Å². The van der Waals surface area contributed by atoms with E-state index >= 15 is 0 Å². The zero-order valence-electron chi connectivity index (χ0n) is 14.7. The molecule has 0 aliphatic rings. The van der Waals surface area contributed by atoms with Gasteiger partial charge in [-0.05, 0) is 34.6 Å². The molecular weight excluding hydrogens is 304 g/mol. The first-order chi connectivity index (χ1) is 12.0. The number of pyridine rings is 1. The molecule has 5 aromatic rings. The van der Waals surface area contributed by atoms with Crippen LogP contribution in [-0.2, 0) is 5.41 Å². The van der Waals surface area contributed by atoms with Gasteiger partial charge in [0.05, 0.1) is 16.6 Å². The third-order valence-corrected chi connectivity index (χ3v) is 5.09. The number of hydrogen-bond donors (Lipinski definition) is 0. The van der Waals surface area contributed by atoms with Crippen LogP contribution in [0, 0.1) is 0 Å². The lowest BCUT2D eigenvalue weighted by Crippen LogP contribution is -2.12. The molecule has 0 spiro atoms. The lowest BCUT2D eigenvalue weighted by atomic mass is 9.85. The zero-order chi connectivity index (χ0) is 17.2. The van der Waals surface area contributed by atoms with E-state index in [4.69, 9.17) is 4.98 Å². The normalized spacial score (nSPS) is 12.6. The molecule has 122 valence electrons. The number of imidazole rings is 1. The quantitative estimate of drug-likeness (QED) is 0.337. The van der Waals surface area contributed by atoms with Crippen LogP contribution in [0.25, 0.3) is 38.4 Å². The average molecular weight is 324 g/mol. The molecule has 3 aromatic carbocycles. The highest BCUT2D eigenvalue weighted by molar-refractivity contribution is 6.07. The maximum absolute atomic E-state index is 5.03.